The average Bonchev–Trinajstić information content (AvgIpc) is 2.68. The Kier molecular flexibility index (Phi) is 12.5. The van der Waals surface area contributed by atoms with Crippen LogP contribution >= 0.6 is 0 Å². The Hall–Kier alpha value is -1.08. The van der Waals surface area contributed by atoms with Gasteiger partial charge in [0.1, 0.15) is 0 Å². The van der Waals surface area contributed by atoms with Crippen molar-refractivity contribution in [1.29, 1.82) is 0 Å². The second-order valence-electron chi connectivity index (χ2n) is 9.60. The molecule has 0 saturated carbocycles. The minimum Gasteiger partial charge on any atom is -0.388 e. The summed E-state index contributed by atoms with van der Waals surface area (Å²) in [5.74, 6) is 0.994. The first-order valence-electron chi connectivity index (χ1n) is 12.1. The van der Waals surface area contributed by atoms with Gasteiger partial charge >= 0.3 is 0 Å². The molecule has 1 aliphatic rings. The van der Waals surface area contributed by atoms with Gasteiger partial charge in [0.2, 0.25) is 0 Å². The van der Waals surface area contributed by atoms with Crippen LogP contribution in [0.4, 0.5) is 0 Å². The molecule has 1 aliphatic carbocycles. The van der Waals surface area contributed by atoms with Gasteiger partial charge in [-0.2, -0.15) is 0 Å². The first-order chi connectivity index (χ1) is 13.8. The lowest BCUT2D eigenvalue weighted by Crippen LogP contribution is -2.22. The molecule has 0 aromatic rings. The molecule has 0 aromatic heterocycles. The highest BCUT2D eigenvalue weighted by molar-refractivity contribution is 5.39. The van der Waals surface area contributed by atoms with E-state index in [4.69, 9.17) is 0 Å². The van der Waals surface area contributed by atoms with E-state index in [2.05, 4.69) is 66.7 Å². The number of rotatable bonds is 13. The number of unbranched alkanes of at least 4 members (excludes halogenated alkanes) is 2. The molecule has 0 amide bonds. The summed E-state index contributed by atoms with van der Waals surface area (Å²) in [6.07, 6.45) is 19.1. The molecule has 1 N–H and O–H groups in total. The van der Waals surface area contributed by atoms with Crippen LogP contribution in [0.1, 0.15) is 113 Å². The maximum atomic E-state index is 10.2. The molecule has 3 atom stereocenters. The van der Waals surface area contributed by atoms with Gasteiger partial charge in [0.25, 0.3) is 0 Å². The maximum absolute atomic E-state index is 10.2. The van der Waals surface area contributed by atoms with E-state index in [-0.39, 0.29) is 12.0 Å². The van der Waals surface area contributed by atoms with Crippen LogP contribution in [0.15, 0.2) is 46.1 Å². The third-order valence-corrected chi connectivity index (χ3v) is 6.89. The minimum atomic E-state index is -0.306. The van der Waals surface area contributed by atoms with E-state index in [0.717, 1.165) is 12.3 Å². The van der Waals surface area contributed by atoms with Gasteiger partial charge in [0, 0.05) is 5.92 Å². The number of aliphatic hydroxyl groups is 1. The molecule has 0 bridgehead atoms. The van der Waals surface area contributed by atoms with Crippen LogP contribution < -0.4 is 0 Å². The van der Waals surface area contributed by atoms with E-state index >= 15 is 0 Å². The van der Waals surface area contributed by atoms with Crippen LogP contribution in [-0.2, 0) is 0 Å². The second kappa shape index (κ2) is 14.0. The zero-order chi connectivity index (χ0) is 21.8. The van der Waals surface area contributed by atoms with Gasteiger partial charge in [-0.3, -0.25) is 0 Å². The lowest BCUT2D eigenvalue weighted by Gasteiger charge is -2.27. The van der Waals surface area contributed by atoms with Crippen molar-refractivity contribution in [3.05, 3.63) is 46.1 Å². The van der Waals surface area contributed by atoms with Crippen LogP contribution in [0.25, 0.3) is 0 Å². The van der Waals surface area contributed by atoms with Gasteiger partial charge < -0.3 is 5.11 Å². The van der Waals surface area contributed by atoms with E-state index in [0.29, 0.717) is 0 Å². The Labute approximate surface area is 182 Å². The molecule has 0 radical (unpaired) electrons. The summed E-state index contributed by atoms with van der Waals surface area (Å²) in [5.41, 5.74) is 7.26. The smallest absolute Gasteiger partial charge is 0.0789 e. The first-order valence-corrected chi connectivity index (χ1v) is 12.1. The third-order valence-electron chi connectivity index (χ3n) is 6.89. The summed E-state index contributed by atoms with van der Waals surface area (Å²) in [6.45, 7) is 15.7. The maximum Gasteiger partial charge on any atom is 0.0789 e. The lowest BCUT2D eigenvalue weighted by molar-refractivity contribution is 0.175. The highest BCUT2D eigenvalue weighted by atomic mass is 16.3. The Balaban J connectivity index is 2.28. The monoisotopic (exact) mass is 400 g/mol. The van der Waals surface area contributed by atoms with Crippen LogP contribution in [0, 0.1) is 11.8 Å². The Morgan fingerprint density at radius 3 is 2.28 bits per heavy atom. The molecule has 1 rings (SSSR count). The van der Waals surface area contributed by atoms with Gasteiger partial charge in [-0.05, 0) is 96.1 Å². The standard InChI is InChI=1S/C28H48O/c1-8-9-10-13-21(2)14-11-15-22(3)16-12-17-23(4)18-19-27-20-28(29)26(7)24(5)25(27)6/h13,16,20,23,26,28-29H,8-12,14-15,17-19H2,1-7H3/b21-13+,22-16+. The van der Waals surface area contributed by atoms with Gasteiger partial charge in [-0.15, -0.1) is 0 Å². The Morgan fingerprint density at radius 1 is 1.03 bits per heavy atom. The van der Waals surface area contributed by atoms with Gasteiger partial charge in [0.05, 0.1) is 6.10 Å². The van der Waals surface area contributed by atoms with E-state index in [1.165, 1.54) is 74.5 Å². The minimum absolute atomic E-state index is 0.264. The van der Waals surface area contributed by atoms with Crippen molar-refractivity contribution >= 4 is 0 Å². The Morgan fingerprint density at radius 2 is 1.66 bits per heavy atom. The predicted molar refractivity (Wildman–Crippen MR) is 130 cm³/mol. The van der Waals surface area contributed by atoms with Crippen molar-refractivity contribution in [1.82, 2.24) is 0 Å². The summed E-state index contributed by atoms with van der Waals surface area (Å²) in [6, 6.07) is 0. The molecule has 1 heteroatoms. The number of aliphatic hydroxyl groups excluding tert-OH is 1. The summed E-state index contributed by atoms with van der Waals surface area (Å²) in [4.78, 5) is 0. The fourth-order valence-electron chi connectivity index (χ4n) is 4.16. The quantitative estimate of drug-likeness (QED) is 0.242. The largest absolute Gasteiger partial charge is 0.388 e. The molecule has 1 nitrogen and oxygen atoms in total. The summed E-state index contributed by atoms with van der Waals surface area (Å²) < 4.78 is 0. The van der Waals surface area contributed by atoms with E-state index in [9.17, 15) is 5.11 Å². The van der Waals surface area contributed by atoms with E-state index in [1.807, 2.05) is 0 Å². The summed E-state index contributed by atoms with van der Waals surface area (Å²) >= 11 is 0. The molecule has 0 aliphatic heterocycles. The molecule has 0 spiro atoms. The van der Waals surface area contributed by atoms with E-state index in [1.54, 1.807) is 11.1 Å². The van der Waals surface area contributed by atoms with Gasteiger partial charge in [-0.1, -0.05) is 68.6 Å². The zero-order valence-electron chi connectivity index (χ0n) is 20.5. The van der Waals surface area contributed by atoms with E-state index < -0.39 is 0 Å². The molecule has 0 saturated heterocycles. The number of allylic oxidation sites excluding steroid dienone is 6. The molecule has 166 valence electrons. The lowest BCUT2D eigenvalue weighted by atomic mass is 9.81. The SMILES string of the molecule is CCCC/C=C(\C)CCC/C(C)=C/CCC(C)CCC1=CC(O)C(C)C(C)=C1C. The van der Waals surface area contributed by atoms with Crippen molar-refractivity contribution in [2.45, 2.75) is 119 Å². The average molecular weight is 401 g/mol. The first kappa shape index (κ1) is 26.0. The zero-order valence-corrected chi connectivity index (χ0v) is 20.5. The number of hydrogen-bond donors (Lipinski definition) is 1. The summed E-state index contributed by atoms with van der Waals surface area (Å²) in [7, 11) is 0. The molecule has 0 heterocycles. The van der Waals surface area contributed by atoms with Crippen LogP contribution in [-0.4, -0.2) is 11.2 Å². The van der Waals surface area contributed by atoms with Gasteiger partial charge in [0.15, 0.2) is 0 Å². The number of hydrogen-bond acceptors (Lipinski definition) is 1. The van der Waals surface area contributed by atoms with Gasteiger partial charge in [-0.25, -0.2) is 0 Å². The molecule has 0 aromatic carbocycles. The normalized spacial score (nSPS) is 22.1. The van der Waals surface area contributed by atoms with Crippen LogP contribution in [0.3, 0.4) is 0 Å². The van der Waals surface area contributed by atoms with Crippen molar-refractivity contribution < 1.29 is 5.11 Å². The molecule has 3 unspecified atom stereocenters. The van der Waals surface area contributed by atoms with Crippen molar-refractivity contribution in [3.8, 4) is 0 Å². The van der Waals surface area contributed by atoms with Crippen molar-refractivity contribution in [2.75, 3.05) is 0 Å². The molecular weight excluding hydrogens is 352 g/mol. The molecular formula is C28H48O. The third kappa shape index (κ3) is 9.98. The predicted octanol–water partition coefficient (Wildman–Crippen LogP) is 8.71. The highest BCUT2D eigenvalue weighted by Crippen LogP contribution is 2.33. The topological polar surface area (TPSA) is 20.2 Å². The highest BCUT2D eigenvalue weighted by Gasteiger charge is 2.22. The van der Waals surface area contributed by atoms with Crippen LogP contribution in [0.2, 0.25) is 0 Å². The second-order valence-corrected chi connectivity index (χ2v) is 9.60. The molecule has 29 heavy (non-hydrogen) atoms. The fraction of sp³-hybridized carbons (Fsp3) is 0.714. The van der Waals surface area contributed by atoms with Crippen molar-refractivity contribution in [2.24, 2.45) is 11.8 Å². The Bertz CT molecular complexity index is 602. The summed E-state index contributed by atoms with van der Waals surface area (Å²) in [5, 5.41) is 10.2. The molecule has 0 fully saturated rings. The fourth-order valence-corrected chi connectivity index (χ4v) is 4.16. The van der Waals surface area contributed by atoms with Crippen LogP contribution in [0.5, 0.6) is 0 Å². The van der Waals surface area contributed by atoms with Crippen molar-refractivity contribution in [3.63, 3.8) is 0 Å².